The van der Waals surface area contributed by atoms with E-state index in [-0.39, 0.29) is 17.8 Å². The molecule has 0 aromatic carbocycles. The Morgan fingerprint density at radius 3 is 2.47 bits per heavy atom. The Bertz CT molecular complexity index is 369. The first-order valence-corrected chi connectivity index (χ1v) is 5.59. The van der Waals surface area contributed by atoms with Crippen molar-refractivity contribution in [2.24, 2.45) is 5.73 Å². The lowest BCUT2D eigenvalue weighted by molar-refractivity contribution is -0.128. The molecule has 1 aliphatic rings. The largest absolute Gasteiger partial charge is 0.396 e. The van der Waals surface area contributed by atoms with Crippen LogP contribution in [0.5, 0.6) is 0 Å². The third-order valence-corrected chi connectivity index (χ3v) is 2.96. The average molecular weight is 249 g/mol. The summed E-state index contributed by atoms with van der Waals surface area (Å²) in [7, 11) is 0. The molecule has 1 aromatic rings. The van der Waals surface area contributed by atoms with Crippen LogP contribution in [-0.4, -0.2) is 22.4 Å². The molecule has 1 aliphatic carbocycles. The van der Waals surface area contributed by atoms with Gasteiger partial charge in [0.25, 0.3) is 0 Å². The van der Waals surface area contributed by atoms with E-state index in [4.69, 9.17) is 10.3 Å². The van der Waals surface area contributed by atoms with Crippen LogP contribution in [0.3, 0.4) is 0 Å². The minimum Gasteiger partial charge on any atom is -0.339 e. The second kappa shape index (κ2) is 4.64. The van der Waals surface area contributed by atoms with Gasteiger partial charge in [-0.1, -0.05) is 5.16 Å². The van der Waals surface area contributed by atoms with Gasteiger partial charge in [0, 0.05) is 12.0 Å². The van der Waals surface area contributed by atoms with E-state index >= 15 is 0 Å². The highest BCUT2D eigenvalue weighted by Crippen LogP contribution is 2.31. The van der Waals surface area contributed by atoms with Gasteiger partial charge in [0.05, 0.1) is 0 Å². The maximum Gasteiger partial charge on any atom is 0.396 e. The van der Waals surface area contributed by atoms with Crippen molar-refractivity contribution in [1.29, 1.82) is 0 Å². The molecule has 0 amide bonds. The molecule has 0 spiro atoms. The summed E-state index contributed by atoms with van der Waals surface area (Å²) in [6.07, 6.45) is -2.13. The molecule has 0 radical (unpaired) electrons. The predicted octanol–water partition coefficient (Wildman–Crippen LogP) is 2.16. The summed E-state index contributed by atoms with van der Waals surface area (Å²) < 4.78 is 41.2. The number of rotatable bonds is 2. The van der Waals surface area contributed by atoms with Crippen LogP contribution in [0.2, 0.25) is 0 Å². The van der Waals surface area contributed by atoms with Crippen LogP contribution >= 0.6 is 0 Å². The molecule has 1 heterocycles. The van der Waals surface area contributed by atoms with E-state index in [1.165, 1.54) is 0 Å². The number of alkyl halides is 3. The topological polar surface area (TPSA) is 64.9 Å². The molecule has 0 aliphatic heterocycles. The molecule has 2 rings (SSSR count). The van der Waals surface area contributed by atoms with E-state index in [1.54, 1.807) is 0 Å². The average Bonchev–Trinajstić information content (AvgIpc) is 2.64. The van der Waals surface area contributed by atoms with Crippen molar-refractivity contribution in [3.05, 3.63) is 11.7 Å². The van der Waals surface area contributed by atoms with E-state index in [1.807, 2.05) is 0 Å². The molecule has 7 heteroatoms. The first-order valence-electron chi connectivity index (χ1n) is 5.59. The lowest BCUT2D eigenvalue weighted by Crippen LogP contribution is -2.25. The van der Waals surface area contributed by atoms with E-state index < -0.39 is 12.6 Å². The fourth-order valence-electron chi connectivity index (χ4n) is 2.05. The second-order valence-corrected chi connectivity index (χ2v) is 4.45. The third kappa shape index (κ3) is 3.42. The number of nitrogens with zero attached hydrogens (tertiary/aromatic N) is 2. The van der Waals surface area contributed by atoms with Gasteiger partial charge in [-0.05, 0) is 25.7 Å². The molecule has 2 N–H and O–H groups in total. The minimum absolute atomic E-state index is 0.0595. The Morgan fingerprint density at radius 1 is 1.24 bits per heavy atom. The van der Waals surface area contributed by atoms with Gasteiger partial charge in [0.15, 0.2) is 5.82 Å². The van der Waals surface area contributed by atoms with Gasteiger partial charge in [-0.3, -0.25) is 0 Å². The zero-order chi connectivity index (χ0) is 12.5. The molecule has 96 valence electrons. The first kappa shape index (κ1) is 12.3. The van der Waals surface area contributed by atoms with Crippen molar-refractivity contribution in [3.8, 4) is 0 Å². The molecule has 4 nitrogen and oxygen atoms in total. The SMILES string of the molecule is NC1CCC(c2nc(CC(F)(F)F)no2)CC1. The van der Waals surface area contributed by atoms with Gasteiger partial charge in [0.1, 0.15) is 6.42 Å². The Balaban J connectivity index is 1.98. The van der Waals surface area contributed by atoms with Gasteiger partial charge in [-0.25, -0.2) is 0 Å². The van der Waals surface area contributed by atoms with Crippen molar-refractivity contribution in [2.75, 3.05) is 0 Å². The molecular formula is C10H14F3N3O. The van der Waals surface area contributed by atoms with Gasteiger partial charge in [-0.2, -0.15) is 18.2 Å². The van der Waals surface area contributed by atoms with Crippen molar-refractivity contribution in [3.63, 3.8) is 0 Å². The van der Waals surface area contributed by atoms with E-state index in [2.05, 4.69) is 10.1 Å². The number of hydrogen-bond acceptors (Lipinski definition) is 4. The number of halogens is 3. The molecule has 1 saturated carbocycles. The lowest BCUT2D eigenvalue weighted by Gasteiger charge is -2.22. The molecule has 0 unspecified atom stereocenters. The third-order valence-electron chi connectivity index (χ3n) is 2.96. The summed E-state index contributed by atoms with van der Waals surface area (Å²) in [4.78, 5) is 3.81. The van der Waals surface area contributed by atoms with Crippen LogP contribution in [0, 0.1) is 0 Å². The zero-order valence-electron chi connectivity index (χ0n) is 9.20. The van der Waals surface area contributed by atoms with Crippen LogP contribution in [0.25, 0.3) is 0 Å². The summed E-state index contributed by atoms with van der Waals surface area (Å²) in [5, 5.41) is 3.36. The van der Waals surface area contributed by atoms with Gasteiger partial charge in [0.2, 0.25) is 5.89 Å². The molecular weight excluding hydrogens is 235 g/mol. The highest BCUT2D eigenvalue weighted by Gasteiger charge is 2.32. The fraction of sp³-hybridized carbons (Fsp3) is 0.800. The highest BCUT2D eigenvalue weighted by atomic mass is 19.4. The summed E-state index contributed by atoms with van der Waals surface area (Å²) >= 11 is 0. The maximum atomic E-state index is 12.1. The van der Waals surface area contributed by atoms with E-state index in [9.17, 15) is 13.2 Å². The second-order valence-electron chi connectivity index (χ2n) is 4.45. The molecule has 17 heavy (non-hydrogen) atoms. The monoisotopic (exact) mass is 249 g/mol. The van der Waals surface area contributed by atoms with Crippen molar-refractivity contribution >= 4 is 0 Å². The molecule has 0 saturated heterocycles. The van der Waals surface area contributed by atoms with Crippen LogP contribution in [0.4, 0.5) is 13.2 Å². The first-order chi connectivity index (χ1) is 7.94. The number of nitrogens with two attached hydrogens (primary N) is 1. The fourth-order valence-corrected chi connectivity index (χ4v) is 2.05. The van der Waals surface area contributed by atoms with Gasteiger partial charge in [-0.15, -0.1) is 0 Å². The summed E-state index contributed by atoms with van der Waals surface area (Å²) in [5.74, 6) is 0.0859. The normalized spacial score (nSPS) is 26.1. The quantitative estimate of drug-likeness (QED) is 0.872. The zero-order valence-corrected chi connectivity index (χ0v) is 9.20. The summed E-state index contributed by atoms with van der Waals surface area (Å²) in [6, 6.07) is 0.184. The molecule has 0 atom stereocenters. The maximum absolute atomic E-state index is 12.1. The van der Waals surface area contributed by atoms with Crippen LogP contribution in [0.1, 0.15) is 43.3 Å². The standard InChI is InChI=1S/C10H14F3N3O/c11-10(12,13)5-8-15-9(17-16-8)6-1-3-7(14)4-2-6/h6-7H,1-5,14H2. The van der Waals surface area contributed by atoms with Gasteiger partial charge >= 0.3 is 6.18 Å². The van der Waals surface area contributed by atoms with Crippen molar-refractivity contribution < 1.29 is 17.7 Å². The Kier molecular flexibility index (Phi) is 3.37. The number of aromatic nitrogens is 2. The van der Waals surface area contributed by atoms with Crippen LogP contribution < -0.4 is 5.73 Å². The summed E-state index contributed by atoms with van der Waals surface area (Å²) in [6.45, 7) is 0. The highest BCUT2D eigenvalue weighted by molar-refractivity contribution is 4.97. The molecule has 0 bridgehead atoms. The predicted molar refractivity (Wildman–Crippen MR) is 53.2 cm³/mol. The van der Waals surface area contributed by atoms with E-state index in [0.717, 1.165) is 25.7 Å². The van der Waals surface area contributed by atoms with Crippen LogP contribution in [-0.2, 0) is 6.42 Å². The minimum atomic E-state index is -4.30. The Labute approximate surface area is 96.4 Å². The van der Waals surface area contributed by atoms with E-state index in [0.29, 0.717) is 5.89 Å². The van der Waals surface area contributed by atoms with Crippen molar-refractivity contribution in [1.82, 2.24) is 10.1 Å². The van der Waals surface area contributed by atoms with Gasteiger partial charge < -0.3 is 10.3 Å². The smallest absolute Gasteiger partial charge is 0.339 e. The van der Waals surface area contributed by atoms with Crippen LogP contribution in [0.15, 0.2) is 4.52 Å². The Morgan fingerprint density at radius 2 is 1.88 bits per heavy atom. The lowest BCUT2D eigenvalue weighted by atomic mass is 9.86. The Hall–Kier alpha value is -1.11. The molecule has 1 fully saturated rings. The van der Waals surface area contributed by atoms with Crippen molar-refractivity contribution in [2.45, 2.75) is 50.2 Å². The number of hydrogen-bond donors (Lipinski definition) is 1. The summed E-state index contributed by atoms with van der Waals surface area (Å²) in [5.41, 5.74) is 5.75. The molecule has 1 aromatic heterocycles.